The molecule has 1 aliphatic heterocycles. The van der Waals surface area contributed by atoms with Gasteiger partial charge in [0.05, 0.1) is 43.2 Å². The first-order valence-electron chi connectivity index (χ1n) is 12.5. The van der Waals surface area contributed by atoms with Gasteiger partial charge in [0.2, 0.25) is 0 Å². The Hall–Kier alpha value is -3.45. The van der Waals surface area contributed by atoms with Crippen LogP contribution in [-0.2, 0) is 35.0 Å². The second kappa shape index (κ2) is 11.9. The van der Waals surface area contributed by atoms with E-state index in [1.165, 1.54) is 0 Å². The Morgan fingerprint density at radius 1 is 1.21 bits per heavy atom. The summed E-state index contributed by atoms with van der Waals surface area (Å²) in [4.78, 5) is 35.4. The van der Waals surface area contributed by atoms with E-state index in [9.17, 15) is 9.59 Å². The highest BCUT2D eigenvalue weighted by molar-refractivity contribution is 6.34. The van der Waals surface area contributed by atoms with E-state index < -0.39 is 29.9 Å². The molecule has 1 fully saturated rings. The molecule has 0 spiro atoms. The summed E-state index contributed by atoms with van der Waals surface area (Å²) in [7, 11) is 0. The highest BCUT2D eigenvalue weighted by Gasteiger charge is 2.52. The van der Waals surface area contributed by atoms with E-state index in [0.29, 0.717) is 28.2 Å². The summed E-state index contributed by atoms with van der Waals surface area (Å²) in [6, 6.07) is 10.8. The Bertz CT molecular complexity index is 1320. The molecule has 38 heavy (non-hydrogen) atoms. The second-order valence-electron chi connectivity index (χ2n) is 8.95. The Balaban J connectivity index is 1.61. The van der Waals surface area contributed by atoms with Crippen molar-refractivity contribution in [1.82, 2.24) is 14.5 Å². The Morgan fingerprint density at radius 2 is 1.89 bits per heavy atom. The number of fused-ring (bicyclic) bond motifs is 1. The van der Waals surface area contributed by atoms with E-state index in [4.69, 9.17) is 37.0 Å². The zero-order valence-electron chi connectivity index (χ0n) is 21.6. The second-order valence-corrected chi connectivity index (χ2v) is 9.36. The van der Waals surface area contributed by atoms with Crippen LogP contribution in [0.2, 0.25) is 5.02 Å². The lowest BCUT2D eigenvalue weighted by atomic mass is 9.93. The monoisotopic (exact) mass is 539 g/mol. The molecule has 3 atom stereocenters. The van der Waals surface area contributed by atoms with Crippen LogP contribution < -0.4 is 0 Å². The Morgan fingerprint density at radius 3 is 2.53 bits per heavy atom. The predicted molar refractivity (Wildman–Crippen MR) is 140 cm³/mol. The van der Waals surface area contributed by atoms with Gasteiger partial charge >= 0.3 is 11.9 Å². The number of halogens is 1. The molecule has 4 rings (SSSR count). The van der Waals surface area contributed by atoms with Gasteiger partial charge in [-0.25, -0.2) is 19.6 Å². The van der Waals surface area contributed by atoms with Crippen LogP contribution in [0.25, 0.3) is 11.2 Å². The minimum Gasteiger partial charge on any atom is -0.463 e. The van der Waals surface area contributed by atoms with Crippen LogP contribution >= 0.6 is 11.6 Å². The van der Waals surface area contributed by atoms with Crippen LogP contribution in [-0.4, -0.2) is 58.0 Å². The molecule has 10 heteroatoms. The van der Waals surface area contributed by atoms with Crippen LogP contribution in [0.4, 0.5) is 0 Å². The van der Waals surface area contributed by atoms with Crippen LogP contribution in [0.3, 0.4) is 0 Å². The van der Waals surface area contributed by atoms with Gasteiger partial charge in [-0.2, -0.15) is 0 Å². The summed E-state index contributed by atoms with van der Waals surface area (Å²) < 4.78 is 24.8. The lowest BCUT2D eigenvalue weighted by Gasteiger charge is -2.31. The fourth-order valence-corrected chi connectivity index (χ4v) is 4.82. The number of imidazole rings is 1. The number of terminal acetylenes is 1. The molecule has 9 nitrogen and oxygen atoms in total. The number of benzene rings is 1. The Labute approximate surface area is 226 Å². The average Bonchev–Trinajstić information content (AvgIpc) is 3.51. The van der Waals surface area contributed by atoms with E-state index >= 15 is 0 Å². The first-order chi connectivity index (χ1) is 18.3. The van der Waals surface area contributed by atoms with Gasteiger partial charge in [-0.15, -0.1) is 12.3 Å². The van der Waals surface area contributed by atoms with Gasteiger partial charge in [0.15, 0.2) is 5.65 Å². The molecule has 2 aromatic heterocycles. The van der Waals surface area contributed by atoms with E-state index in [0.717, 1.165) is 5.69 Å². The van der Waals surface area contributed by atoms with Gasteiger partial charge in [-0.1, -0.05) is 41.9 Å². The zero-order chi connectivity index (χ0) is 27.3. The average molecular weight is 540 g/mol. The molecule has 0 aliphatic carbocycles. The predicted octanol–water partition coefficient (Wildman–Crippen LogP) is 4.05. The van der Waals surface area contributed by atoms with Crippen LogP contribution in [0.5, 0.6) is 0 Å². The van der Waals surface area contributed by atoms with Crippen molar-refractivity contribution in [3.8, 4) is 12.3 Å². The number of pyridine rings is 1. The van der Waals surface area contributed by atoms with Gasteiger partial charge in [0, 0.05) is 18.5 Å². The third-order valence-corrected chi connectivity index (χ3v) is 6.66. The minimum atomic E-state index is -2.03. The number of hydrogen-bond acceptors (Lipinski definition) is 8. The number of hydrogen-bond donors (Lipinski definition) is 0. The standard InChI is InChI=1S/C28H30ClN3O6/c1-5-20-14-23(32-17-30-24-21(29)13-18(4)31-25(24)32)38-22(20)16-37-28(26(33)35-6-2,27(34)36-7-3)15-19-11-9-8-10-12-19/h1,8-13,17,20,22-23H,6-7,14-16H2,2-4H3. The number of nitrogens with zero attached hydrogens (tertiary/aromatic N) is 3. The first-order valence-corrected chi connectivity index (χ1v) is 12.8. The fourth-order valence-electron chi connectivity index (χ4n) is 4.53. The zero-order valence-corrected chi connectivity index (χ0v) is 22.3. The minimum absolute atomic E-state index is 0.0653. The van der Waals surface area contributed by atoms with Crippen LogP contribution in [0.15, 0.2) is 42.7 Å². The van der Waals surface area contributed by atoms with Crippen molar-refractivity contribution in [3.63, 3.8) is 0 Å². The number of esters is 2. The molecular weight excluding hydrogens is 510 g/mol. The van der Waals surface area contributed by atoms with Crippen molar-refractivity contribution in [2.75, 3.05) is 19.8 Å². The number of carbonyl (C=O) groups is 2. The highest BCUT2D eigenvalue weighted by atomic mass is 35.5. The largest absolute Gasteiger partial charge is 0.463 e. The summed E-state index contributed by atoms with van der Waals surface area (Å²) in [6.07, 6.45) is 6.72. The molecule has 0 radical (unpaired) electrons. The number of aromatic nitrogens is 3. The molecule has 200 valence electrons. The van der Waals surface area contributed by atoms with E-state index in [1.54, 1.807) is 42.9 Å². The molecule has 1 aromatic carbocycles. The van der Waals surface area contributed by atoms with Crippen molar-refractivity contribution in [3.05, 3.63) is 59.0 Å². The maximum absolute atomic E-state index is 13.2. The number of aryl methyl sites for hydroxylation is 1. The quantitative estimate of drug-likeness (QED) is 0.216. The van der Waals surface area contributed by atoms with Crippen LogP contribution in [0, 0.1) is 25.2 Å². The van der Waals surface area contributed by atoms with Gasteiger partial charge in [-0.3, -0.25) is 4.57 Å². The Kier molecular flexibility index (Phi) is 8.67. The van der Waals surface area contributed by atoms with Gasteiger partial charge in [0.1, 0.15) is 11.7 Å². The van der Waals surface area contributed by atoms with E-state index in [-0.39, 0.29) is 32.2 Å². The molecule has 0 saturated carbocycles. The maximum atomic E-state index is 13.2. The van der Waals surface area contributed by atoms with Crippen molar-refractivity contribution in [2.24, 2.45) is 5.92 Å². The molecule has 0 bridgehead atoms. The summed E-state index contributed by atoms with van der Waals surface area (Å²) in [5.74, 6) is 0.730. The smallest absolute Gasteiger partial charge is 0.350 e. The number of ether oxygens (including phenoxy) is 4. The summed E-state index contributed by atoms with van der Waals surface area (Å²) >= 11 is 6.35. The molecule has 3 aromatic rings. The van der Waals surface area contributed by atoms with Gasteiger partial charge in [-0.05, 0) is 32.4 Å². The molecule has 1 saturated heterocycles. The van der Waals surface area contributed by atoms with E-state index in [2.05, 4.69) is 15.9 Å². The third-order valence-electron chi connectivity index (χ3n) is 6.37. The fraction of sp³-hybridized carbons (Fsp3) is 0.429. The lowest BCUT2D eigenvalue weighted by Crippen LogP contribution is -2.54. The first kappa shape index (κ1) is 27.6. The molecule has 0 amide bonds. The van der Waals surface area contributed by atoms with Crippen molar-refractivity contribution < 1.29 is 28.5 Å². The topological polar surface area (TPSA) is 102 Å². The lowest BCUT2D eigenvalue weighted by molar-refractivity contribution is -0.195. The molecule has 0 N–H and O–H groups in total. The number of carbonyl (C=O) groups excluding carboxylic acids is 2. The maximum Gasteiger partial charge on any atom is 0.350 e. The normalized spacial score (nSPS) is 19.3. The summed E-state index contributed by atoms with van der Waals surface area (Å²) in [5.41, 5.74) is 0.556. The van der Waals surface area contributed by atoms with Gasteiger partial charge < -0.3 is 18.9 Å². The van der Waals surface area contributed by atoms with Gasteiger partial charge in [0.25, 0.3) is 5.60 Å². The van der Waals surface area contributed by atoms with Crippen LogP contribution in [0.1, 0.15) is 37.8 Å². The summed E-state index contributed by atoms with van der Waals surface area (Å²) in [6.45, 7) is 5.15. The van der Waals surface area contributed by atoms with Crippen molar-refractivity contribution in [2.45, 2.75) is 51.5 Å². The molecular formula is C28H30ClN3O6. The van der Waals surface area contributed by atoms with Crippen molar-refractivity contribution in [1.29, 1.82) is 0 Å². The SMILES string of the molecule is C#CC1CC(n2cnc3c(Cl)cc(C)nc32)OC1COC(Cc1ccccc1)(C(=O)OCC)C(=O)OCC. The molecule has 3 unspecified atom stereocenters. The third kappa shape index (κ3) is 5.53. The molecule has 1 aliphatic rings. The highest BCUT2D eigenvalue weighted by Crippen LogP contribution is 2.37. The molecule has 3 heterocycles. The van der Waals surface area contributed by atoms with E-state index in [1.807, 2.05) is 25.1 Å². The summed E-state index contributed by atoms with van der Waals surface area (Å²) in [5, 5.41) is 0.493. The number of rotatable bonds is 10. The van der Waals surface area contributed by atoms with Crippen molar-refractivity contribution >= 4 is 34.7 Å².